The molecule has 5 heteroatoms. The summed E-state index contributed by atoms with van der Waals surface area (Å²) in [5, 5.41) is 16.9. The molecule has 0 aromatic heterocycles. The normalized spacial score (nSPS) is 12.4. The van der Waals surface area contributed by atoms with Crippen LogP contribution in [0.5, 0.6) is 0 Å². The van der Waals surface area contributed by atoms with Crippen molar-refractivity contribution in [1.82, 2.24) is 4.90 Å². The van der Waals surface area contributed by atoms with Gasteiger partial charge in [0.15, 0.2) is 5.70 Å². The van der Waals surface area contributed by atoms with Gasteiger partial charge in [0.25, 0.3) is 0 Å². The van der Waals surface area contributed by atoms with Crippen molar-refractivity contribution in [2.45, 2.75) is 0 Å². The van der Waals surface area contributed by atoms with Gasteiger partial charge in [-0.25, -0.2) is 4.99 Å². The fraction of sp³-hybridized carbons (Fsp3) is 0.375. The summed E-state index contributed by atoms with van der Waals surface area (Å²) in [5.74, 6) is 0. The second-order valence-corrected chi connectivity index (χ2v) is 2.56. The Morgan fingerprint density at radius 2 is 2.08 bits per heavy atom. The maximum absolute atomic E-state index is 8.53. The van der Waals surface area contributed by atoms with Gasteiger partial charge in [0.05, 0.1) is 0 Å². The van der Waals surface area contributed by atoms with Crippen molar-refractivity contribution >= 4 is 6.21 Å². The van der Waals surface area contributed by atoms with Crippen LogP contribution in [0.3, 0.4) is 0 Å². The van der Waals surface area contributed by atoms with E-state index in [4.69, 9.17) is 16.3 Å². The van der Waals surface area contributed by atoms with Gasteiger partial charge in [0, 0.05) is 12.8 Å². The molecular formula is C8H11N5. The molecule has 5 nitrogen and oxygen atoms in total. The van der Waals surface area contributed by atoms with Gasteiger partial charge in [-0.15, -0.1) is 0 Å². The molecule has 0 saturated heterocycles. The van der Waals surface area contributed by atoms with Gasteiger partial charge in [-0.1, -0.05) is 0 Å². The van der Waals surface area contributed by atoms with E-state index in [1.165, 1.54) is 6.21 Å². The third kappa shape index (κ3) is 4.57. The van der Waals surface area contributed by atoms with Crippen molar-refractivity contribution in [1.29, 1.82) is 10.5 Å². The fourth-order valence-electron chi connectivity index (χ4n) is 0.507. The van der Waals surface area contributed by atoms with Gasteiger partial charge < -0.3 is 10.6 Å². The number of hydrogen-bond donors (Lipinski definition) is 1. The highest BCUT2D eigenvalue weighted by Crippen LogP contribution is 1.96. The number of hydrogen-bond acceptors (Lipinski definition) is 5. The molecule has 0 bridgehead atoms. The zero-order valence-electron chi connectivity index (χ0n) is 7.65. The Kier molecular flexibility index (Phi) is 4.94. The highest BCUT2D eigenvalue weighted by molar-refractivity contribution is 5.62. The molecule has 13 heavy (non-hydrogen) atoms. The first-order valence-electron chi connectivity index (χ1n) is 3.59. The lowest BCUT2D eigenvalue weighted by atomic mass is 10.4. The Balaban J connectivity index is 4.43. The van der Waals surface area contributed by atoms with Gasteiger partial charge in [-0.2, -0.15) is 10.5 Å². The Labute approximate surface area is 77.4 Å². The van der Waals surface area contributed by atoms with E-state index in [2.05, 4.69) is 4.99 Å². The monoisotopic (exact) mass is 177 g/mol. The second-order valence-electron chi connectivity index (χ2n) is 2.56. The van der Waals surface area contributed by atoms with Gasteiger partial charge in [0.2, 0.25) is 0 Å². The smallest absolute Gasteiger partial charge is 0.174 e. The summed E-state index contributed by atoms with van der Waals surface area (Å²) in [6.45, 7) is 0.601. The molecule has 68 valence electrons. The second kappa shape index (κ2) is 5.76. The maximum atomic E-state index is 8.53. The van der Waals surface area contributed by atoms with Crippen LogP contribution in [0.15, 0.2) is 16.4 Å². The molecule has 2 N–H and O–H groups in total. The summed E-state index contributed by atoms with van der Waals surface area (Å²) >= 11 is 0. The number of nitriles is 2. The van der Waals surface area contributed by atoms with Crippen LogP contribution >= 0.6 is 0 Å². The molecule has 0 fully saturated rings. The molecular weight excluding hydrogens is 166 g/mol. The molecule has 0 aromatic carbocycles. The first-order valence-corrected chi connectivity index (χ1v) is 3.59. The van der Waals surface area contributed by atoms with E-state index in [1.54, 1.807) is 12.1 Å². The molecule has 0 spiro atoms. The van der Waals surface area contributed by atoms with Crippen molar-refractivity contribution in [3.05, 3.63) is 11.4 Å². The quantitative estimate of drug-likeness (QED) is 0.479. The Hall–Kier alpha value is -1.85. The lowest BCUT2D eigenvalue weighted by Crippen LogP contribution is -2.14. The average molecular weight is 177 g/mol. The van der Waals surface area contributed by atoms with E-state index in [1.807, 2.05) is 19.0 Å². The van der Waals surface area contributed by atoms with Crippen LogP contribution in [0.2, 0.25) is 0 Å². The predicted octanol–water partition coefficient (Wildman–Crippen LogP) is -0.164. The molecule has 0 radical (unpaired) electrons. The molecule has 0 aliphatic rings. The molecule has 0 heterocycles. The van der Waals surface area contributed by atoms with Crippen molar-refractivity contribution in [3.8, 4) is 12.1 Å². The minimum Gasteiger partial charge on any atom is -0.388 e. The van der Waals surface area contributed by atoms with Crippen LogP contribution in [0, 0.1) is 22.7 Å². The number of rotatable bonds is 3. The van der Waals surface area contributed by atoms with Crippen LogP contribution in [0.25, 0.3) is 0 Å². The lowest BCUT2D eigenvalue weighted by molar-refractivity contribution is 0.473. The van der Waals surface area contributed by atoms with Crippen LogP contribution in [0.4, 0.5) is 0 Å². The summed E-state index contributed by atoms with van der Waals surface area (Å²) in [4.78, 5) is 5.63. The standard InChI is InChI=1S/C8H11N5/c1-13(2)4-3-12-8(6-10)7(11)5-9/h3H,4,11H2,1-2H3/b8-7-,12-3?. The summed E-state index contributed by atoms with van der Waals surface area (Å²) in [5.41, 5.74) is 5.02. The topological polar surface area (TPSA) is 89.2 Å². The molecule has 0 rings (SSSR count). The van der Waals surface area contributed by atoms with Crippen molar-refractivity contribution in [3.63, 3.8) is 0 Å². The minimum atomic E-state index is -0.155. The first-order chi connectivity index (χ1) is 6.11. The minimum absolute atomic E-state index is 0.0376. The van der Waals surface area contributed by atoms with Crippen LogP contribution in [-0.4, -0.2) is 31.8 Å². The molecule has 0 saturated carbocycles. The maximum Gasteiger partial charge on any atom is 0.174 e. The van der Waals surface area contributed by atoms with E-state index < -0.39 is 0 Å². The lowest BCUT2D eigenvalue weighted by Gasteiger charge is -2.02. The molecule has 0 aromatic rings. The van der Waals surface area contributed by atoms with E-state index in [-0.39, 0.29) is 11.4 Å². The molecule has 0 aliphatic carbocycles. The summed E-state index contributed by atoms with van der Waals surface area (Å²) in [6.07, 6.45) is 1.53. The number of aliphatic imine (C=N–C) groups is 1. The van der Waals surface area contributed by atoms with E-state index >= 15 is 0 Å². The Bertz CT molecular complexity index is 299. The summed E-state index contributed by atoms with van der Waals surface area (Å²) in [6, 6.07) is 3.40. The number of nitrogens with two attached hydrogens (primary N) is 1. The number of allylic oxidation sites excluding steroid dienone is 2. The van der Waals surface area contributed by atoms with Gasteiger partial charge in [0.1, 0.15) is 17.8 Å². The van der Waals surface area contributed by atoms with E-state index in [9.17, 15) is 0 Å². The molecule has 0 aliphatic heterocycles. The van der Waals surface area contributed by atoms with Gasteiger partial charge in [-0.3, -0.25) is 0 Å². The number of nitrogens with zero attached hydrogens (tertiary/aromatic N) is 4. The summed E-state index contributed by atoms with van der Waals surface area (Å²) < 4.78 is 0. The van der Waals surface area contributed by atoms with Crippen molar-refractivity contribution < 1.29 is 0 Å². The highest BCUT2D eigenvalue weighted by Gasteiger charge is 1.97. The molecule has 0 unspecified atom stereocenters. The zero-order valence-corrected chi connectivity index (χ0v) is 7.65. The first kappa shape index (κ1) is 11.2. The Morgan fingerprint density at radius 1 is 1.46 bits per heavy atom. The fourth-order valence-corrected chi connectivity index (χ4v) is 0.507. The van der Waals surface area contributed by atoms with Crippen LogP contribution in [0.1, 0.15) is 0 Å². The highest BCUT2D eigenvalue weighted by atomic mass is 15.1. The third-order valence-electron chi connectivity index (χ3n) is 1.15. The molecule has 0 atom stereocenters. The van der Waals surface area contributed by atoms with Crippen LogP contribution in [-0.2, 0) is 0 Å². The third-order valence-corrected chi connectivity index (χ3v) is 1.15. The van der Waals surface area contributed by atoms with Gasteiger partial charge >= 0.3 is 0 Å². The van der Waals surface area contributed by atoms with Crippen molar-refractivity contribution in [2.75, 3.05) is 20.6 Å². The van der Waals surface area contributed by atoms with E-state index in [0.29, 0.717) is 6.54 Å². The average Bonchev–Trinajstić information content (AvgIpc) is 2.11. The predicted molar refractivity (Wildman–Crippen MR) is 49.5 cm³/mol. The molecule has 0 amide bonds. The Morgan fingerprint density at radius 3 is 2.46 bits per heavy atom. The zero-order chi connectivity index (χ0) is 10.3. The van der Waals surface area contributed by atoms with E-state index in [0.717, 1.165) is 0 Å². The largest absolute Gasteiger partial charge is 0.388 e. The van der Waals surface area contributed by atoms with Crippen molar-refractivity contribution in [2.24, 2.45) is 10.7 Å². The van der Waals surface area contributed by atoms with Crippen LogP contribution < -0.4 is 5.73 Å². The summed E-state index contributed by atoms with van der Waals surface area (Å²) in [7, 11) is 3.74. The van der Waals surface area contributed by atoms with Gasteiger partial charge in [-0.05, 0) is 14.1 Å². The SMILES string of the molecule is CN(C)CC=N/C(C#N)=C(\N)C#N.